The quantitative estimate of drug-likeness (QED) is 0.616. The molecule has 0 aliphatic heterocycles. The fraction of sp³-hybridized carbons (Fsp3) is 0.800. The lowest BCUT2D eigenvalue weighted by molar-refractivity contribution is -0.191. The molecule has 0 aromatic rings. The van der Waals surface area contributed by atoms with E-state index in [2.05, 4.69) is 4.74 Å². The Morgan fingerprint density at radius 3 is 2.36 bits per heavy atom. The van der Waals surface area contributed by atoms with E-state index in [1.54, 1.807) is 0 Å². The first-order valence-electron chi connectivity index (χ1n) is 2.74. The third-order valence-corrected chi connectivity index (χ3v) is 0.719. The molecule has 0 aliphatic carbocycles. The Morgan fingerprint density at radius 2 is 2.09 bits per heavy atom. The molecular formula is C5H7F3O3. The molecule has 0 aliphatic rings. The number of halogens is 3. The minimum Gasteiger partial charge on any atom is -0.454 e. The molecule has 0 bridgehead atoms. The molecular weight excluding hydrogens is 165 g/mol. The maximum atomic E-state index is 11.3. The van der Waals surface area contributed by atoms with E-state index in [1.165, 1.54) is 0 Å². The van der Waals surface area contributed by atoms with E-state index >= 15 is 0 Å². The molecule has 0 amide bonds. The lowest BCUT2D eigenvalue weighted by Crippen LogP contribution is -2.26. The molecule has 1 N–H and O–H groups in total. The van der Waals surface area contributed by atoms with Crippen LogP contribution in [0.15, 0.2) is 0 Å². The zero-order valence-corrected chi connectivity index (χ0v) is 5.68. The minimum absolute atomic E-state index is 1.03. The summed E-state index contributed by atoms with van der Waals surface area (Å²) < 4.78 is 37.6. The number of carbonyl (C=O) groups excluding carboxylic acids is 1. The van der Waals surface area contributed by atoms with Gasteiger partial charge in [0, 0.05) is 0 Å². The predicted octanol–water partition coefficient (Wildman–Crippen LogP) is 0.473. The van der Waals surface area contributed by atoms with E-state index in [-0.39, 0.29) is 0 Å². The maximum absolute atomic E-state index is 11.3. The van der Waals surface area contributed by atoms with Gasteiger partial charge in [-0.3, -0.25) is 0 Å². The van der Waals surface area contributed by atoms with Gasteiger partial charge < -0.3 is 9.84 Å². The van der Waals surface area contributed by atoms with Crippen molar-refractivity contribution in [2.45, 2.75) is 19.2 Å². The number of alkyl halides is 3. The van der Waals surface area contributed by atoms with Crippen LogP contribution in [0.1, 0.15) is 6.92 Å². The molecule has 0 heterocycles. The largest absolute Gasteiger partial charge is 0.454 e. The van der Waals surface area contributed by atoms with Gasteiger partial charge in [0.1, 0.15) is 6.10 Å². The summed E-state index contributed by atoms with van der Waals surface area (Å²) in [6.07, 6.45) is -6.05. The van der Waals surface area contributed by atoms with E-state index < -0.39 is 24.9 Å². The van der Waals surface area contributed by atoms with Crippen molar-refractivity contribution >= 4 is 5.97 Å². The topological polar surface area (TPSA) is 46.5 Å². The van der Waals surface area contributed by atoms with Gasteiger partial charge in [-0.2, -0.15) is 13.2 Å². The van der Waals surface area contributed by atoms with Crippen molar-refractivity contribution in [1.29, 1.82) is 0 Å². The first-order valence-corrected chi connectivity index (χ1v) is 2.74. The second-order valence-corrected chi connectivity index (χ2v) is 1.90. The summed E-state index contributed by atoms with van der Waals surface area (Å²) in [7, 11) is 0. The van der Waals surface area contributed by atoms with Gasteiger partial charge in [-0.1, -0.05) is 0 Å². The predicted molar refractivity (Wildman–Crippen MR) is 28.7 cm³/mol. The molecule has 0 saturated heterocycles. The first kappa shape index (κ1) is 10.2. The lowest BCUT2D eigenvalue weighted by Gasteiger charge is -2.08. The Morgan fingerprint density at radius 1 is 1.64 bits per heavy atom. The van der Waals surface area contributed by atoms with Crippen LogP contribution in [0.3, 0.4) is 0 Å². The van der Waals surface area contributed by atoms with Crippen LogP contribution in [0.25, 0.3) is 0 Å². The van der Waals surface area contributed by atoms with Crippen molar-refractivity contribution in [1.82, 2.24) is 0 Å². The molecule has 1 atom stereocenters. The highest BCUT2D eigenvalue weighted by Gasteiger charge is 2.30. The van der Waals surface area contributed by atoms with Crippen LogP contribution in [0.2, 0.25) is 0 Å². The third kappa shape index (κ3) is 5.65. The Hall–Kier alpha value is -0.780. The van der Waals surface area contributed by atoms with E-state index in [4.69, 9.17) is 5.11 Å². The van der Waals surface area contributed by atoms with Crippen LogP contribution in [0, 0.1) is 0 Å². The number of rotatable bonds is 2. The van der Waals surface area contributed by atoms with Crippen LogP contribution in [-0.2, 0) is 9.53 Å². The van der Waals surface area contributed by atoms with Crippen LogP contribution in [-0.4, -0.2) is 30.0 Å². The van der Waals surface area contributed by atoms with Crippen LogP contribution >= 0.6 is 0 Å². The lowest BCUT2D eigenvalue weighted by atomic mass is 10.4. The molecule has 66 valence electrons. The fourth-order valence-corrected chi connectivity index (χ4v) is 0.274. The molecule has 0 aromatic heterocycles. The van der Waals surface area contributed by atoms with Crippen molar-refractivity contribution in [3.63, 3.8) is 0 Å². The van der Waals surface area contributed by atoms with E-state index in [0.29, 0.717) is 0 Å². The number of carbonyl (C=O) groups is 1. The number of hydrogen-bond donors (Lipinski definition) is 1. The molecule has 0 rings (SSSR count). The monoisotopic (exact) mass is 172 g/mol. The maximum Gasteiger partial charge on any atom is 0.422 e. The van der Waals surface area contributed by atoms with Crippen LogP contribution in [0.5, 0.6) is 0 Å². The van der Waals surface area contributed by atoms with E-state index in [9.17, 15) is 18.0 Å². The van der Waals surface area contributed by atoms with Gasteiger partial charge >= 0.3 is 12.1 Å². The molecule has 0 aromatic carbocycles. The molecule has 3 nitrogen and oxygen atoms in total. The second kappa shape index (κ2) is 3.56. The first-order chi connectivity index (χ1) is 4.83. The highest BCUT2D eigenvalue weighted by atomic mass is 19.4. The van der Waals surface area contributed by atoms with Gasteiger partial charge in [0.05, 0.1) is 0 Å². The Labute approximate surface area is 60.8 Å². The summed E-state index contributed by atoms with van der Waals surface area (Å²) in [5.74, 6) is -1.28. The van der Waals surface area contributed by atoms with Gasteiger partial charge in [0.25, 0.3) is 0 Å². The molecule has 0 spiro atoms. The average molecular weight is 172 g/mol. The summed E-state index contributed by atoms with van der Waals surface area (Å²) in [6, 6.07) is 0. The summed E-state index contributed by atoms with van der Waals surface area (Å²) >= 11 is 0. The summed E-state index contributed by atoms with van der Waals surface area (Å²) in [5.41, 5.74) is 0. The normalized spacial score (nSPS) is 14.3. The zero-order valence-electron chi connectivity index (χ0n) is 5.68. The zero-order chi connectivity index (χ0) is 9.07. The number of aliphatic hydroxyl groups is 1. The average Bonchev–Trinajstić information content (AvgIpc) is 1.80. The number of ether oxygens (including phenoxy) is 1. The SMILES string of the molecule is CC(O)C(=O)OCC(F)(F)F. The molecule has 0 saturated carbocycles. The molecule has 6 heteroatoms. The minimum atomic E-state index is -4.54. The summed E-state index contributed by atoms with van der Waals surface area (Å²) in [4.78, 5) is 10.2. The third-order valence-electron chi connectivity index (χ3n) is 0.719. The van der Waals surface area contributed by atoms with Gasteiger partial charge in [-0.15, -0.1) is 0 Å². The smallest absolute Gasteiger partial charge is 0.422 e. The van der Waals surface area contributed by atoms with E-state index in [1.807, 2.05) is 0 Å². The van der Waals surface area contributed by atoms with Crippen molar-refractivity contribution in [2.75, 3.05) is 6.61 Å². The van der Waals surface area contributed by atoms with Crippen molar-refractivity contribution in [3.05, 3.63) is 0 Å². The highest BCUT2D eigenvalue weighted by molar-refractivity contribution is 5.73. The van der Waals surface area contributed by atoms with Gasteiger partial charge in [0.15, 0.2) is 6.61 Å². The van der Waals surface area contributed by atoms with Gasteiger partial charge in [0.2, 0.25) is 0 Å². The standard InChI is InChI=1S/C5H7F3O3/c1-3(9)4(10)11-2-5(6,7)8/h3,9H,2H2,1H3. The Kier molecular flexibility index (Phi) is 3.31. The molecule has 0 radical (unpaired) electrons. The highest BCUT2D eigenvalue weighted by Crippen LogP contribution is 2.14. The Bertz CT molecular complexity index is 140. The van der Waals surface area contributed by atoms with Gasteiger partial charge in [-0.05, 0) is 6.92 Å². The number of hydrogen-bond acceptors (Lipinski definition) is 3. The molecule has 0 fully saturated rings. The summed E-state index contributed by atoms with van der Waals surface area (Å²) in [5, 5.41) is 8.38. The number of esters is 1. The summed E-state index contributed by atoms with van der Waals surface area (Å²) in [6.45, 7) is -0.630. The van der Waals surface area contributed by atoms with E-state index in [0.717, 1.165) is 6.92 Å². The van der Waals surface area contributed by atoms with Crippen molar-refractivity contribution < 1.29 is 27.8 Å². The van der Waals surface area contributed by atoms with Crippen LogP contribution < -0.4 is 0 Å². The van der Waals surface area contributed by atoms with Crippen molar-refractivity contribution in [2.24, 2.45) is 0 Å². The van der Waals surface area contributed by atoms with Crippen LogP contribution in [0.4, 0.5) is 13.2 Å². The van der Waals surface area contributed by atoms with Crippen molar-refractivity contribution in [3.8, 4) is 0 Å². The second-order valence-electron chi connectivity index (χ2n) is 1.90. The number of aliphatic hydroxyl groups excluding tert-OH is 1. The fourth-order valence-electron chi connectivity index (χ4n) is 0.274. The Balaban J connectivity index is 3.64. The molecule has 1 unspecified atom stereocenters. The van der Waals surface area contributed by atoms with Gasteiger partial charge in [-0.25, -0.2) is 4.79 Å². The molecule has 11 heavy (non-hydrogen) atoms.